The second kappa shape index (κ2) is 5.27. The van der Waals surface area contributed by atoms with Gasteiger partial charge in [0.25, 0.3) is 0 Å². The Labute approximate surface area is 124 Å². The van der Waals surface area contributed by atoms with Gasteiger partial charge in [0.05, 0.1) is 0 Å². The van der Waals surface area contributed by atoms with Crippen LogP contribution in [0.1, 0.15) is 35.1 Å². The van der Waals surface area contributed by atoms with Gasteiger partial charge < -0.3 is 5.32 Å². The van der Waals surface area contributed by atoms with Crippen LogP contribution in [-0.2, 0) is 6.42 Å². The van der Waals surface area contributed by atoms with Gasteiger partial charge in [-0.05, 0) is 35.6 Å². The minimum absolute atomic E-state index is 0.559. The maximum atomic E-state index is 3.81. The molecule has 0 spiro atoms. The van der Waals surface area contributed by atoms with Gasteiger partial charge in [0.1, 0.15) is 0 Å². The Morgan fingerprint density at radius 3 is 2.75 bits per heavy atom. The van der Waals surface area contributed by atoms with Crippen molar-refractivity contribution in [3.63, 3.8) is 0 Å². The van der Waals surface area contributed by atoms with Crippen molar-refractivity contribution in [1.82, 2.24) is 5.32 Å². The molecule has 0 fully saturated rings. The first-order valence-corrected chi connectivity index (χ1v) is 8.43. The van der Waals surface area contributed by atoms with Crippen molar-refractivity contribution in [2.24, 2.45) is 0 Å². The Hall–Kier alpha value is -1.25. The van der Waals surface area contributed by atoms with E-state index in [9.17, 15) is 0 Å². The van der Waals surface area contributed by atoms with Crippen LogP contribution in [0.2, 0.25) is 0 Å². The van der Waals surface area contributed by atoms with E-state index in [1.165, 1.54) is 40.2 Å². The number of aryl methyl sites for hydroxylation is 1. The fourth-order valence-corrected chi connectivity index (χ4v) is 4.71. The van der Waals surface area contributed by atoms with Crippen LogP contribution in [0.4, 0.5) is 0 Å². The van der Waals surface area contributed by atoms with Crippen molar-refractivity contribution in [3.8, 4) is 0 Å². The summed E-state index contributed by atoms with van der Waals surface area (Å²) in [5.74, 6) is 1.89. The Morgan fingerprint density at radius 1 is 1.00 bits per heavy atom. The molecule has 0 amide bonds. The SMILES string of the molecule is c1ccc2c(c1)CCC2NCC1CSc2ccccc21. The predicted octanol–water partition coefficient (Wildman–Crippen LogP) is 4.15. The maximum Gasteiger partial charge on any atom is 0.0326 e. The summed E-state index contributed by atoms with van der Waals surface area (Å²) in [5.41, 5.74) is 4.59. The number of rotatable bonds is 3. The molecule has 0 radical (unpaired) electrons. The Balaban J connectivity index is 1.45. The van der Waals surface area contributed by atoms with Gasteiger partial charge in [0, 0.05) is 29.2 Å². The molecule has 20 heavy (non-hydrogen) atoms. The molecule has 1 aliphatic carbocycles. The summed E-state index contributed by atoms with van der Waals surface area (Å²) in [7, 11) is 0. The molecule has 102 valence electrons. The van der Waals surface area contributed by atoms with Gasteiger partial charge >= 0.3 is 0 Å². The van der Waals surface area contributed by atoms with Gasteiger partial charge in [0.2, 0.25) is 0 Å². The molecule has 1 N–H and O–H groups in total. The number of hydrogen-bond acceptors (Lipinski definition) is 2. The van der Waals surface area contributed by atoms with E-state index in [1.807, 2.05) is 11.8 Å². The summed E-state index contributed by atoms with van der Waals surface area (Å²) in [6.07, 6.45) is 2.48. The summed E-state index contributed by atoms with van der Waals surface area (Å²) in [5, 5.41) is 3.81. The molecule has 0 saturated carbocycles. The lowest BCUT2D eigenvalue weighted by atomic mass is 10.0. The van der Waals surface area contributed by atoms with Crippen LogP contribution >= 0.6 is 11.8 Å². The number of fused-ring (bicyclic) bond motifs is 2. The molecule has 1 aliphatic heterocycles. The smallest absolute Gasteiger partial charge is 0.0326 e. The first kappa shape index (κ1) is 12.5. The van der Waals surface area contributed by atoms with E-state index in [0.29, 0.717) is 12.0 Å². The monoisotopic (exact) mass is 281 g/mol. The number of hydrogen-bond donors (Lipinski definition) is 1. The molecule has 2 aromatic rings. The number of nitrogens with one attached hydrogen (secondary N) is 1. The zero-order valence-electron chi connectivity index (χ0n) is 11.5. The lowest BCUT2D eigenvalue weighted by Gasteiger charge is -2.18. The minimum Gasteiger partial charge on any atom is -0.309 e. The van der Waals surface area contributed by atoms with Crippen LogP contribution in [0.5, 0.6) is 0 Å². The van der Waals surface area contributed by atoms with Crippen molar-refractivity contribution >= 4 is 11.8 Å². The molecule has 2 heteroatoms. The zero-order chi connectivity index (χ0) is 13.4. The van der Waals surface area contributed by atoms with Crippen LogP contribution in [0.15, 0.2) is 53.4 Å². The van der Waals surface area contributed by atoms with E-state index in [1.54, 1.807) is 0 Å². The summed E-state index contributed by atoms with van der Waals surface area (Å²) in [6.45, 7) is 1.10. The van der Waals surface area contributed by atoms with Crippen molar-refractivity contribution in [1.29, 1.82) is 0 Å². The van der Waals surface area contributed by atoms with Gasteiger partial charge in [-0.3, -0.25) is 0 Å². The normalized spacial score (nSPS) is 23.6. The predicted molar refractivity (Wildman–Crippen MR) is 85.4 cm³/mol. The highest BCUT2D eigenvalue weighted by Gasteiger charge is 2.26. The quantitative estimate of drug-likeness (QED) is 0.907. The molecule has 2 aliphatic rings. The summed E-state index contributed by atoms with van der Waals surface area (Å²) < 4.78 is 0. The largest absolute Gasteiger partial charge is 0.309 e. The Bertz CT molecular complexity index is 567. The van der Waals surface area contributed by atoms with Crippen LogP contribution in [0, 0.1) is 0 Å². The third-order valence-corrected chi connectivity index (χ3v) is 5.79. The Morgan fingerprint density at radius 2 is 1.80 bits per heavy atom. The van der Waals surface area contributed by atoms with Gasteiger partial charge in [0.15, 0.2) is 0 Å². The standard InChI is InChI=1S/C18H19NS/c1-2-6-15-13(5-1)9-10-17(15)19-11-14-12-20-18-8-4-3-7-16(14)18/h1-8,14,17,19H,9-12H2. The molecule has 2 unspecified atom stereocenters. The van der Waals surface area contributed by atoms with Crippen molar-refractivity contribution < 1.29 is 0 Å². The van der Waals surface area contributed by atoms with Gasteiger partial charge in [-0.2, -0.15) is 0 Å². The average molecular weight is 281 g/mol. The van der Waals surface area contributed by atoms with Crippen LogP contribution in [-0.4, -0.2) is 12.3 Å². The van der Waals surface area contributed by atoms with Crippen molar-refractivity contribution in [3.05, 3.63) is 65.2 Å². The zero-order valence-corrected chi connectivity index (χ0v) is 12.3. The second-order valence-electron chi connectivity index (χ2n) is 5.74. The van der Waals surface area contributed by atoms with Gasteiger partial charge in [-0.25, -0.2) is 0 Å². The van der Waals surface area contributed by atoms with Crippen LogP contribution < -0.4 is 5.32 Å². The molecule has 1 nitrogen and oxygen atoms in total. The van der Waals surface area contributed by atoms with Crippen molar-refractivity contribution in [2.75, 3.05) is 12.3 Å². The first-order chi connectivity index (χ1) is 9.92. The average Bonchev–Trinajstić information content (AvgIpc) is 3.09. The number of thioether (sulfide) groups is 1. The van der Waals surface area contributed by atoms with Crippen molar-refractivity contribution in [2.45, 2.75) is 29.7 Å². The molecular weight excluding hydrogens is 262 g/mol. The lowest BCUT2D eigenvalue weighted by Crippen LogP contribution is -2.25. The highest BCUT2D eigenvalue weighted by molar-refractivity contribution is 7.99. The third-order valence-electron chi connectivity index (χ3n) is 4.54. The number of benzene rings is 2. The van der Waals surface area contributed by atoms with E-state index in [4.69, 9.17) is 0 Å². The Kier molecular flexibility index (Phi) is 3.29. The summed E-state index contributed by atoms with van der Waals surface area (Å²) >= 11 is 2.00. The fourth-order valence-electron chi connectivity index (χ4n) is 3.45. The van der Waals surface area contributed by atoms with E-state index in [-0.39, 0.29) is 0 Å². The summed E-state index contributed by atoms with van der Waals surface area (Å²) in [4.78, 5) is 1.48. The van der Waals surface area contributed by atoms with Crippen LogP contribution in [0.25, 0.3) is 0 Å². The van der Waals surface area contributed by atoms with E-state index >= 15 is 0 Å². The molecule has 2 aromatic carbocycles. The molecule has 2 atom stereocenters. The molecular formula is C18H19NS. The molecule has 4 rings (SSSR count). The second-order valence-corrected chi connectivity index (χ2v) is 6.81. The molecule has 0 aromatic heterocycles. The fraction of sp³-hybridized carbons (Fsp3) is 0.333. The van der Waals surface area contributed by atoms with E-state index in [0.717, 1.165) is 6.54 Å². The molecule has 0 saturated heterocycles. The summed E-state index contributed by atoms with van der Waals surface area (Å²) in [6, 6.07) is 18.3. The topological polar surface area (TPSA) is 12.0 Å². The molecule has 0 bridgehead atoms. The van der Waals surface area contributed by atoms with E-state index in [2.05, 4.69) is 53.8 Å². The van der Waals surface area contributed by atoms with Crippen LogP contribution in [0.3, 0.4) is 0 Å². The third kappa shape index (κ3) is 2.17. The molecule has 1 heterocycles. The first-order valence-electron chi connectivity index (χ1n) is 7.45. The highest BCUT2D eigenvalue weighted by Crippen LogP contribution is 2.39. The van der Waals surface area contributed by atoms with E-state index < -0.39 is 0 Å². The minimum atomic E-state index is 0.559. The lowest BCUT2D eigenvalue weighted by molar-refractivity contribution is 0.507. The maximum absolute atomic E-state index is 3.81. The highest BCUT2D eigenvalue weighted by atomic mass is 32.2. The van der Waals surface area contributed by atoms with Gasteiger partial charge in [-0.1, -0.05) is 42.5 Å². The van der Waals surface area contributed by atoms with Gasteiger partial charge in [-0.15, -0.1) is 11.8 Å².